The first kappa shape index (κ1) is 12.3. The Morgan fingerprint density at radius 2 is 2.11 bits per heavy atom. The van der Waals surface area contributed by atoms with E-state index < -0.39 is 0 Å². The molecule has 4 nitrogen and oxygen atoms in total. The number of carbonyl (C=O) groups is 1. The number of rotatable bonds is 3. The zero-order valence-corrected chi connectivity index (χ0v) is 10.6. The van der Waals surface area contributed by atoms with Gasteiger partial charge in [-0.2, -0.15) is 0 Å². The fraction of sp³-hybridized carbons (Fsp3) is 0.0769. The monoisotopic (exact) mass is 260 g/mol. The van der Waals surface area contributed by atoms with Gasteiger partial charge in [0.1, 0.15) is 0 Å². The maximum atomic E-state index is 11.0. The van der Waals surface area contributed by atoms with Crippen molar-refractivity contribution in [3.8, 4) is 5.69 Å². The molecule has 92 valence electrons. The molecule has 0 saturated heterocycles. The number of carbonyl (C=O) groups excluding carboxylic acids is 1. The van der Waals surface area contributed by atoms with E-state index in [-0.39, 0.29) is 5.97 Å². The van der Waals surface area contributed by atoms with Gasteiger partial charge in [-0.25, -0.2) is 4.79 Å². The molecular formula is C13H12N2O2S. The smallest absolute Gasteiger partial charge is 0.330 e. The van der Waals surface area contributed by atoms with Crippen LogP contribution < -0.4 is 0 Å². The van der Waals surface area contributed by atoms with Crippen molar-refractivity contribution in [2.75, 3.05) is 7.11 Å². The molecule has 1 N–H and O–H groups in total. The van der Waals surface area contributed by atoms with Gasteiger partial charge in [0.15, 0.2) is 4.77 Å². The van der Waals surface area contributed by atoms with E-state index in [0.717, 1.165) is 11.3 Å². The average molecular weight is 260 g/mol. The third-order valence-electron chi connectivity index (χ3n) is 2.43. The number of imidazole rings is 1. The predicted octanol–water partition coefficient (Wildman–Crippen LogP) is 2.72. The van der Waals surface area contributed by atoms with E-state index in [1.807, 2.05) is 35.0 Å². The van der Waals surface area contributed by atoms with E-state index >= 15 is 0 Å². The number of hydrogen-bond donors (Lipinski definition) is 1. The Morgan fingerprint density at radius 3 is 2.67 bits per heavy atom. The van der Waals surface area contributed by atoms with Crippen LogP contribution >= 0.6 is 12.2 Å². The van der Waals surface area contributed by atoms with Gasteiger partial charge in [-0.3, -0.25) is 4.57 Å². The average Bonchev–Trinajstić information content (AvgIpc) is 2.83. The van der Waals surface area contributed by atoms with Crippen molar-refractivity contribution in [3.63, 3.8) is 0 Å². The van der Waals surface area contributed by atoms with Gasteiger partial charge >= 0.3 is 5.97 Å². The lowest BCUT2D eigenvalue weighted by atomic mass is 10.2. The molecule has 0 unspecified atom stereocenters. The van der Waals surface area contributed by atoms with Gasteiger partial charge in [-0.05, 0) is 36.0 Å². The molecule has 0 aliphatic carbocycles. The van der Waals surface area contributed by atoms with E-state index in [0.29, 0.717) is 4.77 Å². The number of nitrogens with one attached hydrogen (secondary N) is 1. The highest BCUT2D eigenvalue weighted by atomic mass is 32.1. The lowest BCUT2D eigenvalue weighted by Crippen LogP contribution is -1.94. The minimum Gasteiger partial charge on any atom is -0.466 e. The summed E-state index contributed by atoms with van der Waals surface area (Å²) in [4.78, 5) is 13.9. The molecule has 0 atom stereocenters. The summed E-state index contributed by atoms with van der Waals surface area (Å²) in [5.74, 6) is -0.369. The third kappa shape index (κ3) is 2.75. The van der Waals surface area contributed by atoms with Crippen molar-refractivity contribution < 1.29 is 9.53 Å². The molecule has 2 aromatic rings. The van der Waals surface area contributed by atoms with Crippen LogP contribution in [0.2, 0.25) is 0 Å². The van der Waals surface area contributed by atoms with E-state index in [1.165, 1.54) is 13.2 Å². The van der Waals surface area contributed by atoms with Gasteiger partial charge in [0.05, 0.1) is 7.11 Å². The van der Waals surface area contributed by atoms with Crippen LogP contribution in [0, 0.1) is 4.77 Å². The molecule has 2 rings (SSSR count). The molecule has 0 spiro atoms. The van der Waals surface area contributed by atoms with Gasteiger partial charge in [-0.15, -0.1) is 0 Å². The number of esters is 1. The van der Waals surface area contributed by atoms with E-state index in [1.54, 1.807) is 12.3 Å². The molecule has 1 heterocycles. The highest BCUT2D eigenvalue weighted by Crippen LogP contribution is 2.11. The Morgan fingerprint density at radius 1 is 1.39 bits per heavy atom. The van der Waals surface area contributed by atoms with Crippen LogP contribution in [-0.4, -0.2) is 22.6 Å². The van der Waals surface area contributed by atoms with Crippen molar-refractivity contribution >= 4 is 24.3 Å². The molecule has 18 heavy (non-hydrogen) atoms. The largest absolute Gasteiger partial charge is 0.466 e. The maximum absolute atomic E-state index is 11.0. The molecule has 1 aromatic carbocycles. The number of methoxy groups -OCH3 is 1. The van der Waals surface area contributed by atoms with Crippen molar-refractivity contribution in [2.24, 2.45) is 0 Å². The number of nitrogens with zero attached hydrogens (tertiary/aromatic N) is 1. The number of aromatic amines is 1. The first-order valence-corrected chi connectivity index (χ1v) is 5.74. The second-order valence-corrected chi connectivity index (χ2v) is 3.97. The minimum atomic E-state index is -0.369. The Balaban J connectivity index is 2.21. The molecule has 0 aliphatic heterocycles. The van der Waals surface area contributed by atoms with Crippen molar-refractivity contribution in [3.05, 3.63) is 53.1 Å². The minimum absolute atomic E-state index is 0.369. The fourth-order valence-electron chi connectivity index (χ4n) is 1.50. The normalized spacial score (nSPS) is 10.7. The quantitative estimate of drug-likeness (QED) is 0.524. The van der Waals surface area contributed by atoms with Crippen LogP contribution in [-0.2, 0) is 9.53 Å². The third-order valence-corrected chi connectivity index (χ3v) is 2.75. The topological polar surface area (TPSA) is 47.0 Å². The van der Waals surface area contributed by atoms with Crippen LogP contribution in [0.5, 0.6) is 0 Å². The van der Waals surface area contributed by atoms with Crippen molar-refractivity contribution in [1.29, 1.82) is 0 Å². The van der Waals surface area contributed by atoms with Gasteiger partial charge in [0.2, 0.25) is 0 Å². The van der Waals surface area contributed by atoms with Crippen LogP contribution in [0.3, 0.4) is 0 Å². The van der Waals surface area contributed by atoms with Crippen molar-refractivity contribution in [2.45, 2.75) is 0 Å². The lowest BCUT2D eigenvalue weighted by molar-refractivity contribution is -0.134. The summed E-state index contributed by atoms with van der Waals surface area (Å²) in [5.41, 5.74) is 1.89. The molecular weight excluding hydrogens is 248 g/mol. The maximum Gasteiger partial charge on any atom is 0.330 e. The number of H-pyrrole nitrogens is 1. The molecule has 0 bridgehead atoms. The number of aromatic nitrogens is 2. The second kappa shape index (κ2) is 5.46. The highest BCUT2D eigenvalue weighted by Gasteiger charge is 1.97. The van der Waals surface area contributed by atoms with Crippen LogP contribution in [0.4, 0.5) is 0 Å². The summed E-state index contributed by atoms with van der Waals surface area (Å²) in [7, 11) is 1.35. The van der Waals surface area contributed by atoms with Crippen LogP contribution in [0.15, 0.2) is 42.7 Å². The van der Waals surface area contributed by atoms with Gasteiger partial charge in [0, 0.05) is 24.2 Å². The van der Waals surface area contributed by atoms with E-state index in [4.69, 9.17) is 12.2 Å². The first-order chi connectivity index (χ1) is 8.70. The summed E-state index contributed by atoms with van der Waals surface area (Å²) >= 11 is 5.13. The fourth-order valence-corrected chi connectivity index (χ4v) is 1.74. The van der Waals surface area contributed by atoms with Gasteiger partial charge < -0.3 is 9.72 Å². The van der Waals surface area contributed by atoms with Crippen LogP contribution in [0.25, 0.3) is 11.8 Å². The first-order valence-electron chi connectivity index (χ1n) is 5.33. The molecule has 5 heteroatoms. The molecule has 1 aromatic heterocycles. The number of ether oxygens (including phenoxy) is 1. The molecule has 0 aliphatic rings. The number of benzene rings is 1. The number of hydrogen-bond acceptors (Lipinski definition) is 3. The molecule has 0 saturated carbocycles. The Labute approximate surface area is 110 Å². The van der Waals surface area contributed by atoms with E-state index in [9.17, 15) is 4.79 Å². The highest BCUT2D eigenvalue weighted by molar-refractivity contribution is 7.71. The Hall–Kier alpha value is -2.14. The summed E-state index contributed by atoms with van der Waals surface area (Å²) in [5, 5.41) is 0. The Kier molecular flexibility index (Phi) is 3.74. The molecule has 0 radical (unpaired) electrons. The molecule has 0 fully saturated rings. The lowest BCUT2D eigenvalue weighted by Gasteiger charge is -2.02. The van der Waals surface area contributed by atoms with Gasteiger partial charge in [-0.1, -0.05) is 12.1 Å². The van der Waals surface area contributed by atoms with E-state index in [2.05, 4.69) is 9.72 Å². The zero-order chi connectivity index (χ0) is 13.0. The summed E-state index contributed by atoms with van der Waals surface area (Å²) in [6.07, 6.45) is 6.73. The SMILES string of the molecule is COC(=O)C=Cc1ccc(-n2cc[nH]c2=S)cc1. The Bertz CT molecular complexity index is 623. The predicted molar refractivity (Wildman–Crippen MR) is 72.0 cm³/mol. The zero-order valence-electron chi connectivity index (χ0n) is 9.79. The van der Waals surface area contributed by atoms with Gasteiger partial charge in [0.25, 0.3) is 0 Å². The second-order valence-electron chi connectivity index (χ2n) is 3.58. The summed E-state index contributed by atoms with van der Waals surface area (Å²) < 4.78 is 7.03. The van der Waals surface area contributed by atoms with Crippen LogP contribution in [0.1, 0.15) is 5.56 Å². The summed E-state index contributed by atoms with van der Waals surface area (Å²) in [6.45, 7) is 0. The van der Waals surface area contributed by atoms with Crippen molar-refractivity contribution in [1.82, 2.24) is 9.55 Å². The standard InChI is InChI=1S/C13H12N2O2S/c1-17-12(16)7-4-10-2-5-11(6-3-10)15-9-8-14-13(15)18/h2-9H,1H3,(H,14,18). The summed E-state index contributed by atoms with van der Waals surface area (Å²) in [6, 6.07) is 7.67. The molecule has 0 amide bonds.